The highest BCUT2D eigenvalue weighted by molar-refractivity contribution is 5.37. The van der Waals surface area contributed by atoms with E-state index in [1.807, 2.05) is 20.8 Å². The summed E-state index contributed by atoms with van der Waals surface area (Å²) in [7, 11) is 0. The molecule has 1 N–H and O–H groups in total. The Labute approximate surface area is 112 Å². The molecule has 0 aromatic carbocycles. The number of ether oxygens (including phenoxy) is 1. The Morgan fingerprint density at radius 2 is 1.95 bits per heavy atom. The lowest BCUT2D eigenvalue weighted by molar-refractivity contribution is -0.151. The maximum atomic E-state index is 12.0. The molecule has 1 aliphatic heterocycles. The Balaban J connectivity index is 0.000000399. The second kappa shape index (κ2) is 7.69. The van der Waals surface area contributed by atoms with Crippen LogP contribution >= 0.6 is 0 Å². The lowest BCUT2D eigenvalue weighted by Crippen LogP contribution is -2.52. The molecule has 114 valence electrons. The van der Waals surface area contributed by atoms with E-state index in [0.29, 0.717) is 26.1 Å². The molecule has 0 amide bonds. The van der Waals surface area contributed by atoms with Crippen molar-refractivity contribution in [2.24, 2.45) is 0 Å². The zero-order valence-corrected chi connectivity index (χ0v) is 11.9. The van der Waals surface area contributed by atoms with E-state index in [9.17, 15) is 18.0 Å². The van der Waals surface area contributed by atoms with Crippen molar-refractivity contribution in [3.05, 3.63) is 0 Å². The zero-order chi connectivity index (χ0) is 15.1. The second-order valence-corrected chi connectivity index (χ2v) is 5.47. The van der Waals surface area contributed by atoms with Crippen molar-refractivity contribution in [2.75, 3.05) is 26.2 Å². The van der Waals surface area contributed by atoms with Crippen LogP contribution in [0.3, 0.4) is 0 Å². The number of piperazine rings is 1. The largest absolute Gasteiger partial charge is 0.462 e. The fraction of sp³-hybridized carbons (Fsp3) is 0.917. The van der Waals surface area contributed by atoms with Crippen LogP contribution in [-0.4, -0.2) is 55.4 Å². The highest BCUT2D eigenvalue weighted by Gasteiger charge is 2.33. The first kappa shape index (κ1) is 18.2. The first-order valence-corrected chi connectivity index (χ1v) is 6.18. The standard InChI is InChI=1S/C7H13F3N2.C5H10O2/c1-6-4-11-2-3-12(6)5-7(8,9)10;1-5(2,3)7-4-6/h6,11H,2-5H2,1H3;4H,1-3H3/t6-;/m1./s1. The SMILES string of the molecule is CC(C)(C)OC=O.C[C@@H]1CNCCN1CC(F)(F)F. The molecular weight excluding hydrogens is 261 g/mol. The van der Waals surface area contributed by atoms with E-state index in [4.69, 9.17) is 0 Å². The van der Waals surface area contributed by atoms with Crippen LogP contribution in [0.4, 0.5) is 13.2 Å². The summed E-state index contributed by atoms with van der Waals surface area (Å²) in [5, 5.41) is 3.04. The molecule has 0 aromatic rings. The molecule has 0 radical (unpaired) electrons. The first-order chi connectivity index (χ1) is 8.55. The Morgan fingerprint density at radius 3 is 2.26 bits per heavy atom. The summed E-state index contributed by atoms with van der Waals surface area (Å²) in [5.41, 5.74) is -0.318. The monoisotopic (exact) mass is 284 g/mol. The normalized spacial score (nSPS) is 21.3. The molecule has 1 saturated heterocycles. The number of halogens is 3. The average Bonchev–Trinajstić information content (AvgIpc) is 2.18. The van der Waals surface area contributed by atoms with Crippen LogP contribution in [0, 0.1) is 0 Å². The fourth-order valence-corrected chi connectivity index (χ4v) is 1.49. The Hall–Kier alpha value is -0.820. The van der Waals surface area contributed by atoms with Crippen molar-refractivity contribution in [2.45, 2.75) is 45.5 Å². The van der Waals surface area contributed by atoms with Crippen LogP contribution in [0.25, 0.3) is 0 Å². The quantitative estimate of drug-likeness (QED) is 0.785. The number of carbonyl (C=O) groups is 1. The van der Waals surface area contributed by atoms with Crippen molar-refractivity contribution in [3.63, 3.8) is 0 Å². The summed E-state index contributed by atoms with van der Waals surface area (Å²) in [6.45, 7) is 8.73. The van der Waals surface area contributed by atoms with Gasteiger partial charge < -0.3 is 10.1 Å². The molecule has 4 nitrogen and oxygen atoms in total. The van der Waals surface area contributed by atoms with Crippen molar-refractivity contribution >= 4 is 6.47 Å². The summed E-state index contributed by atoms with van der Waals surface area (Å²) in [6.07, 6.45) is -4.06. The van der Waals surface area contributed by atoms with Gasteiger partial charge in [-0.05, 0) is 27.7 Å². The Morgan fingerprint density at radius 1 is 1.37 bits per heavy atom. The van der Waals surface area contributed by atoms with E-state index in [-0.39, 0.29) is 11.6 Å². The van der Waals surface area contributed by atoms with Gasteiger partial charge >= 0.3 is 6.18 Å². The third-order valence-corrected chi connectivity index (χ3v) is 2.42. The number of hydrogen-bond donors (Lipinski definition) is 1. The third-order valence-electron chi connectivity index (χ3n) is 2.42. The van der Waals surface area contributed by atoms with Crippen molar-refractivity contribution < 1.29 is 22.7 Å². The molecule has 19 heavy (non-hydrogen) atoms. The lowest BCUT2D eigenvalue weighted by Gasteiger charge is -2.34. The van der Waals surface area contributed by atoms with E-state index in [1.165, 1.54) is 4.90 Å². The summed E-state index contributed by atoms with van der Waals surface area (Å²) in [5.74, 6) is 0. The molecule has 1 rings (SSSR count). The van der Waals surface area contributed by atoms with Gasteiger partial charge in [0.1, 0.15) is 5.60 Å². The number of alkyl halides is 3. The molecule has 1 atom stereocenters. The van der Waals surface area contributed by atoms with Gasteiger partial charge in [0.25, 0.3) is 6.47 Å². The number of carbonyl (C=O) groups excluding carboxylic acids is 1. The fourth-order valence-electron chi connectivity index (χ4n) is 1.49. The first-order valence-electron chi connectivity index (χ1n) is 6.18. The highest BCUT2D eigenvalue weighted by Crippen LogP contribution is 2.18. The minimum Gasteiger partial charge on any atom is -0.462 e. The van der Waals surface area contributed by atoms with Gasteiger partial charge in [-0.2, -0.15) is 13.2 Å². The molecule has 1 heterocycles. The average molecular weight is 284 g/mol. The predicted molar refractivity (Wildman–Crippen MR) is 66.9 cm³/mol. The molecule has 1 fully saturated rings. The van der Waals surface area contributed by atoms with Crippen LogP contribution in [0.2, 0.25) is 0 Å². The van der Waals surface area contributed by atoms with Gasteiger partial charge in [0.05, 0.1) is 6.54 Å². The summed E-state index contributed by atoms with van der Waals surface area (Å²) >= 11 is 0. The van der Waals surface area contributed by atoms with Crippen LogP contribution in [0.5, 0.6) is 0 Å². The zero-order valence-electron chi connectivity index (χ0n) is 11.9. The van der Waals surface area contributed by atoms with Gasteiger partial charge in [-0.15, -0.1) is 0 Å². The van der Waals surface area contributed by atoms with Gasteiger partial charge in [-0.1, -0.05) is 0 Å². The van der Waals surface area contributed by atoms with Crippen LogP contribution < -0.4 is 5.32 Å². The van der Waals surface area contributed by atoms with E-state index in [0.717, 1.165) is 0 Å². The molecule has 0 unspecified atom stereocenters. The maximum absolute atomic E-state index is 12.0. The number of nitrogens with one attached hydrogen (secondary N) is 1. The van der Waals surface area contributed by atoms with Gasteiger partial charge in [0, 0.05) is 25.7 Å². The topological polar surface area (TPSA) is 41.6 Å². The third kappa shape index (κ3) is 10.8. The van der Waals surface area contributed by atoms with Gasteiger partial charge in [-0.3, -0.25) is 9.69 Å². The molecule has 0 spiro atoms. The van der Waals surface area contributed by atoms with E-state index < -0.39 is 12.7 Å². The smallest absolute Gasteiger partial charge is 0.401 e. The predicted octanol–water partition coefficient (Wildman–Crippen LogP) is 1.80. The number of hydrogen-bond acceptors (Lipinski definition) is 4. The lowest BCUT2D eigenvalue weighted by atomic mass is 10.2. The molecule has 1 aliphatic rings. The molecule has 0 aliphatic carbocycles. The maximum Gasteiger partial charge on any atom is 0.401 e. The van der Waals surface area contributed by atoms with Crippen molar-refractivity contribution in [1.29, 1.82) is 0 Å². The van der Waals surface area contributed by atoms with Crippen molar-refractivity contribution in [3.8, 4) is 0 Å². The van der Waals surface area contributed by atoms with E-state index >= 15 is 0 Å². The Kier molecular flexibility index (Phi) is 7.36. The number of nitrogens with zero attached hydrogens (tertiary/aromatic N) is 1. The van der Waals surface area contributed by atoms with E-state index in [1.54, 1.807) is 6.92 Å². The summed E-state index contributed by atoms with van der Waals surface area (Å²) in [4.78, 5) is 11.1. The molecule has 0 aromatic heterocycles. The molecule has 0 bridgehead atoms. The van der Waals surface area contributed by atoms with Crippen LogP contribution in [0.1, 0.15) is 27.7 Å². The highest BCUT2D eigenvalue weighted by atomic mass is 19.4. The van der Waals surface area contributed by atoms with Crippen LogP contribution in [-0.2, 0) is 9.53 Å². The second-order valence-electron chi connectivity index (χ2n) is 5.47. The number of rotatable bonds is 2. The van der Waals surface area contributed by atoms with Gasteiger partial charge in [-0.25, -0.2) is 0 Å². The van der Waals surface area contributed by atoms with Gasteiger partial charge in [0.2, 0.25) is 0 Å². The molecular formula is C12H23F3N2O2. The minimum absolute atomic E-state index is 0.0135. The minimum atomic E-state index is -4.06. The van der Waals surface area contributed by atoms with Gasteiger partial charge in [0.15, 0.2) is 0 Å². The van der Waals surface area contributed by atoms with E-state index in [2.05, 4.69) is 10.1 Å². The van der Waals surface area contributed by atoms with Crippen molar-refractivity contribution in [1.82, 2.24) is 10.2 Å². The molecule has 0 saturated carbocycles. The molecule has 7 heteroatoms. The summed E-state index contributed by atoms with van der Waals surface area (Å²) < 4.78 is 40.4. The Bertz CT molecular complexity index is 265. The van der Waals surface area contributed by atoms with Crippen LogP contribution in [0.15, 0.2) is 0 Å². The summed E-state index contributed by atoms with van der Waals surface area (Å²) in [6, 6.07) is -0.0135.